The molecule has 3 aliphatic heterocycles. The Hall–Kier alpha value is -1.39. The van der Waals surface area contributed by atoms with Crippen LogP contribution in [0.1, 0.15) is 17.8 Å². The molecule has 3 fully saturated rings. The first-order chi connectivity index (χ1) is 10.3. The van der Waals surface area contributed by atoms with Gasteiger partial charge in [0.2, 0.25) is 0 Å². The summed E-state index contributed by atoms with van der Waals surface area (Å²) in [5, 5.41) is 7.03. The first kappa shape index (κ1) is 13.3. The standard InChI is InChI=1S/C17H21N3S/c1-12-18-17(11-21-12)14-3-2-4-15(9-14)19-16-10-20-7-5-13(16)6-8-20/h2-4,9,11,13,16,19H,5-8,10H2,1H3. The topological polar surface area (TPSA) is 28.2 Å². The zero-order valence-corrected chi connectivity index (χ0v) is 13.2. The van der Waals surface area contributed by atoms with Crippen LogP contribution in [0.15, 0.2) is 29.6 Å². The van der Waals surface area contributed by atoms with E-state index >= 15 is 0 Å². The van der Waals surface area contributed by atoms with Crippen LogP contribution in [0.2, 0.25) is 0 Å². The van der Waals surface area contributed by atoms with E-state index < -0.39 is 0 Å². The van der Waals surface area contributed by atoms with Gasteiger partial charge in [-0.15, -0.1) is 11.3 Å². The molecule has 2 aromatic rings. The van der Waals surface area contributed by atoms with Crippen LogP contribution in [0.3, 0.4) is 0 Å². The second kappa shape index (κ2) is 5.43. The van der Waals surface area contributed by atoms with Crippen molar-refractivity contribution in [1.29, 1.82) is 0 Å². The number of hydrogen-bond donors (Lipinski definition) is 1. The maximum Gasteiger partial charge on any atom is 0.0901 e. The molecule has 0 spiro atoms. The van der Waals surface area contributed by atoms with Crippen LogP contribution < -0.4 is 5.32 Å². The van der Waals surface area contributed by atoms with Gasteiger partial charge in [-0.3, -0.25) is 0 Å². The molecule has 3 nitrogen and oxygen atoms in total. The molecular formula is C17H21N3S. The summed E-state index contributed by atoms with van der Waals surface area (Å²) in [6.45, 7) is 5.84. The van der Waals surface area contributed by atoms with Crippen molar-refractivity contribution < 1.29 is 0 Å². The molecule has 0 saturated carbocycles. The van der Waals surface area contributed by atoms with Gasteiger partial charge in [0.25, 0.3) is 0 Å². The predicted molar refractivity (Wildman–Crippen MR) is 88.9 cm³/mol. The molecule has 0 amide bonds. The molecule has 3 aliphatic rings. The molecule has 110 valence electrons. The molecule has 21 heavy (non-hydrogen) atoms. The van der Waals surface area contributed by atoms with Crippen LogP contribution in [-0.2, 0) is 0 Å². The molecule has 0 aliphatic carbocycles. The van der Waals surface area contributed by atoms with Crippen molar-refractivity contribution in [2.45, 2.75) is 25.8 Å². The summed E-state index contributed by atoms with van der Waals surface area (Å²) in [5.74, 6) is 0.847. The lowest BCUT2D eigenvalue weighted by Crippen LogP contribution is -2.53. The number of aromatic nitrogens is 1. The summed E-state index contributed by atoms with van der Waals surface area (Å²) in [7, 11) is 0. The smallest absolute Gasteiger partial charge is 0.0901 e. The molecule has 4 heteroatoms. The monoisotopic (exact) mass is 299 g/mol. The maximum atomic E-state index is 4.59. The van der Waals surface area contributed by atoms with Crippen molar-refractivity contribution >= 4 is 17.0 Å². The SMILES string of the molecule is Cc1nc(-c2cccc(NC3CN4CCC3CC4)c2)cs1. The normalized spacial score (nSPS) is 27.8. The molecule has 0 radical (unpaired) electrons. The zero-order valence-electron chi connectivity index (χ0n) is 12.4. The number of anilines is 1. The first-order valence-corrected chi connectivity index (χ1v) is 8.67. The summed E-state index contributed by atoms with van der Waals surface area (Å²) >= 11 is 1.71. The summed E-state index contributed by atoms with van der Waals surface area (Å²) in [6.07, 6.45) is 2.70. The molecule has 4 heterocycles. The highest BCUT2D eigenvalue weighted by atomic mass is 32.1. The van der Waals surface area contributed by atoms with E-state index in [4.69, 9.17) is 0 Å². The van der Waals surface area contributed by atoms with Crippen molar-refractivity contribution in [3.63, 3.8) is 0 Å². The van der Waals surface area contributed by atoms with Gasteiger partial charge in [-0.25, -0.2) is 4.98 Å². The highest BCUT2D eigenvalue weighted by Gasteiger charge is 2.33. The Bertz CT molecular complexity index is 628. The van der Waals surface area contributed by atoms with Crippen molar-refractivity contribution in [2.75, 3.05) is 25.0 Å². The van der Waals surface area contributed by atoms with Gasteiger partial charge in [0.1, 0.15) is 0 Å². The van der Waals surface area contributed by atoms with Crippen molar-refractivity contribution in [2.24, 2.45) is 5.92 Å². The molecule has 1 N–H and O–H groups in total. The molecule has 3 saturated heterocycles. The average molecular weight is 299 g/mol. The Kier molecular flexibility index (Phi) is 3.43. The largest absolute Gasteiger partial charge is 0.381 e. The van der Waals surface area contributed by atoms with E-state index in [9.17, 15) is 0 Å². The number of aryl methyl sites for hydroxylation is 1. The summed E-state index contributed by atoms with van der Waals surface area (Å²) in [6, 6.07) is 9.32. The van der Waals surface area contributed by atoms with Gasteiger partial charge >= 0.3 is 0 Å². The quantitative estimate of drug-likeness (QED) is 0.938. The molecule has 1 atom stereocenters. The fraction of sp³-hybridized carbons (Fsp3) is 0.471. The van der Waals surface area contributed by atoms with Crippen molar-refractivity contribution in [3.05, 3.63) is 34.7 Å². The van der Waals surface area contributed by atoms with E-state index in [1.165, 1.54) is 43.7 Å². The van der Waals surface area contributed by atoms with Crippen LogP contribution in [0.5, 0.6) is 0 Å². The van der Waals surface area contributed by atoms with Crippen LogP contribution in [0.4, 0.5) is 5.69 Å². The summed E-state index contributed by atoms with van der Waals surface area (Å²) in [4.78, 5) is 7.18. The Balaban J connectivity index is 1.53. The third-order valence-electron chi connectivity index (χ3n) is 4.79. The molecule has 1 aromatic heterocycles. The number of piperidine rings is 3. The molecule has 5 rings (SSSR count). The molecule has 2 bridgehead atoms. The van der Waals surface area contributed by atoms with Gasteiger partial charge in [-0.2, -0.15) is 0 Å². The Morgan fingerprint density at radius 2 is 2.14 bits per heavy atom. The number of benzene rings is 1. The minimum atomic E-state index is 0.611. The van der Waals surface area contributed by atoms with Crippen LogP contribution in [0.25, 0.3) is 11.3 Å². The fourth-order valence-electron chi connectivity index (χ4n) is 3.61. The number of nitrogens with one attached hydrogen (secondary N) is 1. The number of thiazole rings is 1. The van der Waals surface area contributed by atoms with E-state index in [2.05, 4.69) is 51.8 Å². The van der Waals surface area contributed by atoms with Crippen LogP contribution in [-0.4, -0.2) is 35.6 Å². The van der Waals surface area contributed by atoms with Gasteiger partial charge in [0.15, 0.2) is 0 Å². The van der Waals surface area contributed by atoms with Gasteiger partial charge in [0.05, 0.1) is 10.7 Å². The van der Waals surface area contributed by atoms with Crippen molar-refractivity contribution in [3.8, 4) is 11.3 Å². The Labute approximate surface area is 130 Å². The minimum absolute atomic E-state index is 0.611. The van der Waals surface area contributed by atoms with Crippen molar-refractivity contribution in [1.82, 2.24) is 9.88 Å². The highest BCUT2D eigenvalue weighted by Crippen LogP contribution is 2.31. The lowest BCUT2D eigenvalue weighted by atomic mass is 9.84. The maximum absolute atomic E-state index is 4.59. The third kappa shape index (κ3) is 2.70. The molecule has 1 aromatic carbocycles. The van der Waals surface area contributed by atoms with Gasteiger partial charge in [-0.1, -0.05) is 12.1 Å². The first-order valence-electron chi connectivity index (χ1n) is 7.79. The highest BCUT2D eigenvalue weighted by molar-refractivity contribution is 7.09. The number of rotatable bonds is 3. The second-order valence-electron chi connectivity index (χ2n) is 6.22. The molecule has 1 unspecified atom stereocenters. The zero-order chi connectivity index (χ0) is 14.2. The number of hydrogen-bond acceptors (Lipinski definition) is 4. The van der Waals surface area contributed by atoms with Crippen LogP contribution >= 0.6 is 11.3 Å². The van der Waals surface area contributed by atoms with E-state index in [1.807, 2.05) is 0 Å². The van der Waals surface area contributed by atoms with Crippen LogP contribution in [0, 0.1) is 12.8 Å². The number of fused-ring (bicyclic) bond motifs is 3. The average Bonchev–Trinajstić information content (AvgIpc) is 2.95. The van der Waals surface area contributed by atoms with Gasteiger partial charge in [0, 0.05) is 29.2 Å². The van der Waals surface area contributed by atoms with E-state index in [0.717, 1.165) is 16.6 Å². The Morgan fingerprint density at radius 1 is 1.29 bits per heavy atom. The fourth-order valence-corrected chi connectivity index (χ4v) is 4.23. The second-order valence-corrected chi connectivity index (χ2v) is 7.28. The van der Waals surface area contributed by atoms with E-state index in [0.29, 0.717) is 6.04 Å². The molecular weight excluding hydrogens is 278 g/mol. The number of nitrogens with zero attached hydrogens (tertiary/aromatic N) is 2. The lowest BCUT2D eigenvalue weighted by molar-refractivity contribution is 0.0975. The van der Waals surface area contributed by atoms with E-state index in [-0.39, 0.29) is 0 Å². The van der Waals surface area contributed by atoms with Gasteiger partial charge in [-0.05, 0) is 50.9 Å². The predicted octanol–water partition coefficient (Wildman–Crippen LogP) is 3.62. The summed E-state index contributed by atoms with van der Waals surface area (Å²) < 4.78 is 0. The Morgan fingerprint density at radius 3 is 2.81 bits per heavy atom. The van der Waals surface area contributed by atoms with E-state index in [1.54, 1.807) is 11.3 Å². The summed E-state index contributed by atoms with van der Waals surface area (Å²) in [5.41, 5.74) is 3.54. The lowest BCUT2D eigenvalue weighted by Gasteiger charge is -2.45. The third-order valence-corrected chi connectivity index (χ3v) is 5.56. The van der Waals surface area contributed by atoms with Gasteiger partial charge < -0.3 is 10.2 Å². The minimum Gasteiger partial charge on any atom is -0.381 e.